The number of aliphatic hydroxyl groups is 1. The summed E-state index contributed by atoms with van der Waals surface area (Å²) in [7, 11) is -9.90. The topological polar surface area (TPSA) is 237 Å². The molecular formula is C68H128O17P2. The van der Waals surface area contributed by atoms with Crippen molar-refractivity contribution in [2.45, 2.75) is 342 Å². The number of phosphoric acid groups is 2. The van der Waals surface area contributed by atoms with E-state index < -0.39 is 97.5 Å². The highest BCUT2D eigenvalue weighted by Gasteiger charge is 2.30. The maximum Gasteiger partial charge on any atom is 0.472 e. The van der Waals surface area contributed by atoms with Crippen LogP contribution in [0.2, 0.25) is 0 Å². The first-order valence-corrected chi connectivity index (χ1v) is 38.0. The van der Waals surface area contributed by atoms with Crippen molar-refractivity contribution in [2.75, 3.05) is 39.6 Å². The number of esters is 4. The largest absolute Gasteiger partial charge is 0.472 e. The summed E-state index contributed by atoms with van der Waals surface area (Å²) in [5.74, 6) is -1.39. The summed E-state index contributed by atoms with van der Waals surface area (Å²) in [5.41, 5.74) is 0. The van der Waals surface area contributed by atoms with E-state index in [0.29, 0.717) is 25.7 Å². The summed E-state index contributed by atoms with van der Waals surface area (Å²) in [5, 5.41) is 10.6. The van der Waals surface area contributed by atoms with E-state index in [1.807, 2.05) is 0 Å². The maximum absolute atomic E-state index is 13.0. The molecule has 0 bridgehead atoms. The third kappa shape index (κ3) is 60.9. The van der Waals surface area contributed by atoms with Gasteiger partial charge in [0.15, 0.2) is 12.2 Å². The number of allylic oxidation sites excluding steroid dienone is 4. The Balaban J connectivity index is 5.26. The minimum atomic E-state index is -4.96. The molecule has 0 aliphatic rings. The van der Waals surface area contributed by atoms with Gasteiger partial charge in [0.25, 0.3) is 0 Å². The molecule has 0 aliphatic heterocycles. The molecule has 3 N–H and O–H groups in total. The van der Waals surface area contributed by atoms with Gasteiger partial charge < -0.3 is 33.8 Å². The van der Waals surface area contributed by atoms with E-state index in [9.17, 15) is 43.2 Å². The van der Waals surface area contributed by atoms with Crippen molar-refractivity contribution in [3.8, 4) is 0 Å². The molecule has 6 atom stereocenters. The van der Waals surface area contributed by atoms with E-state index in [1.54, 1.807) is 0 Å². The number of hydrogen-bond acceptors (Lipinski definition) is 15. The Labute approximate surface area is 529 Å². The molecule has 0 amide bonds. The molecule has 87 heavy (non-hydrogen) atoms. The molecule has 19 heteroatoms. The van der Waals surface area contributed by atoms with Gasteiger partial charge in [-0.2, -0.15) is 0 Å². The van der Waals surface area contributed by atoms with Gasteiger partial charge in [-0.05, 0) is 57.3 Å². The predicted molar refractivity (Wildman–Crippen MR) is 349 cm³/mol. The lowest BCUT2D eigenvalue weighted by atomic mass is 9.99. The minimum Gasteiger partial charge on any atom is -0.462 e. The molecular weight excluding hydrogens is 1150 g/mol. The fourth-order valence-electron chi connectivity index (χ4n) is 9.72. The first kappa shape index (κ1) is 84.5. The molecule has 0 aliphatic carbocycles. The Hall–Kier alpha value is -2.46. The summed E-state index contributed by atoms with van der Waals surface area (Å²) in [6.45, 7) is 7.12. The molecule has 0 fully saturated rings. The lowest BCUT2D eigenvalue weighted by Gasteiger charge is -2.21. The second kappa shape index (κ2) is 61.1. The van der Waals surface area contributed by atoms with Crippen LogP contribution in [0.1, 0.15) is 324 Å². The Bertz CT molecular complexity index is 1780. The van der Waals surface area contributed by atoms with Gasteiger partial charge >= 0.3 is 39.5 Å². The van der Waals surface area contributed by atoms with Crippen molar-refractivity contribution in [3.63, 3.8) is 0 Å². The lowest BCUT2D eigenvalue weighted by molar-refractivity contribution is -0.161. The molecule has 0 spiro atoms. The van der Waals surface area contributed by atoms with E-state index >= 15 is 0 Å². The van der Waals surface area contributed by atoms with Crippen LogP contribution in [-0.4, -0.2) is 96.7 Å². The number of rotatable bonds is 66. The number of phosphoric ester groups is 2. The Morgan fingerprint density at radius 3 is 0.977 bits per heavy atom. The molecule has 3 unspecified atom stereocenters. The Kier molecular flexibility index (Phi) is 59.3. The monoisotopic (exact) mass is 1280 g/mol. The number of carbonyl (C=O) groups is 4. The highest BCUT2D eigenvalue weighted by Crippen LogP contribution is 2.45. The van der Waals surface area contributed by atoms with Gasteiger partial charge in [0.1, 0.15) is 19.3 Å². The van der Waals surface area contributed by atoms with Crippen LogP contribution in [0.3, 0.4) is 0 Å². The van der Waals surface area contributed by atoms with Crippen LogP contribution in [0.25, 0.3) is 0 Å². The van der Waals surface area contributed by atoms with Crippen molar-refractivity contribution in [1.29, 1.82) is 0 Å². The maximum atomic E-state index is 13.0. The van der Waals surface area contributed by atoms with Gasteiger partial charge in [-0.1, -0.05) is 271 Å². The van der Waals surface area contributed by atoms with Crippen LogP contribution >= 0.6 is 15.6 Å². The highest BCUT2D eigenvalue weighted by atomic mass is 31.2. The molecule has 0 aromatic carbocycles. The van der Waals surface area contributed by atoms with Crippen LogP contribution in [0.4, 0.5) is 0 Å². The second-order valence-electron chi connectivity index (χ2n) is 24.1. The molecule has 0 heterocycles. The summed E-state index contributed by atoms with van der Waals surface area (Å²) < 4.78 is 68.1. The number of ether oxygens (including phenoxy) is 4. The minimum absolute atomic E-state index is 0.0853. The molecule has 0 saturated carbocycles. The average Bonchev–Trinajstić information content (AvgIpc) is 3.69. The number of hydrogen-bond donors (Lipinski definition) is 3. The summed E-state index contributed by atoms with van der Waals surface area (Å²) >= 11 is 0. The van der Waals surface area contributed by atoms with Gasteiger partial charge in [-0.25, -0.2) is 9.13 Å². The van der Waals surface area contributed by atoms with Crippen molar-refractivity contribution in [3.05, 3.63) is 24.3 Å². The fourth-order valence-corrected chi connectivity index (χ4v) is 11.3. The van der Waals surface area contributed by atoms with E-state index in [-0.39, 0.29) is 25.7 Å². The fraction of sp³-hybridized carbons (Fsp3) is 0.882. The molecule has 0 saturated heterocycles. The van der Waals surface area contributed by atoms with Gasteiger partial charge in [-0.15, -0.1) is 0 Å². The quantitative estimate of drug-likeness (QED) is 0.0169. The van der Waals surface area contributed by atoms with E-state index in [0.717, 1.165) is 121 Å². The Morgan fingerprint density at radius 2 is 0.644 bits per heavy atom. The van der Waals surface area contributed by atoms with E-state index in [1.165, 1.54) is 122 Å². The highest BCUT2D eigenvalue weighted by molar-refractivity contribution is 7.47. The number of aliphatic hydroxyl groups excluding tert-OH is 1. The van der Waals surface area contributed by atoms with Crippen LogP contribution in [0.15, 0.2) is 24.3 Å². The van der Waals surface area contributed by atoms with Crippen molar-refractivity contribution < 1.29 is 80.2 Å². The normalized spacial score (nSPS) is 14.6. The Morgan fingerprint density at radius 1 is 0.368 bits per heavy atom. The zero-order chi connectivity index (χ0) is 64.2. The van der Waals surface area contributed by atoms with Gasteiger partial charge in [0.05, 0.1) is 26.4 Å². The number of unbranched alkanes of at least 4 members (excludes halogenated alkanes) is 34. The molecule has 0 radical (unpaired) electrons. The second-order valence-corrected chi connectivity index (χ2v) is 27.0. The zero-order valence-electron chi connectivity index (χ0n) is 55.6. The molecule has 512 valence electrons. The first-order valence-electron chi connectivity index (χ1n) is 35.0. The van der Waals surface area contributed by atoms with E-state index in [4.69, 9.17) is 37.0 Å². The standard InChI is InChI=1S/C68H128O17P2/c1-6-10-13-16-19-21-23-25-26-28-30-32-38-43-48-53-67(72)84-64(58-79-66(71)52-47-42-37-31-29-27-24-22-20-17-14-11-7-2)60-83-87(76,77)81-56-62(69)55-80-86(74,75)82-59-63(57-78-65(70)51-46-41-35-18-15-12-8-3)85-68(73)54-49-44-39-34-33-36-40-45-50-61(5)9-4/h21,23,25-26,61-64,69H,6-20,22,24,27-60H2,1-5H3,(H,74,75)(H,76,77)/b23-21-,26-25-/t61?,62-,63+,64+/m0/s1. The van der Waals surface area contributed by atoms with Gasteiger partial charge in [0, 0.05) is 25.7 Å². The average molecular weight is 1280 g/mol. The first-order chi connectivity index (χ1) is 42.1. The predicted octanol–water partition coefficient (Wildman–Crippen LogP) is 18.9. The SMILES string of the molecule is CCCCCC/C=C\C=C/CCCCCCCC(=O)O[C@H](COC(=O)CCCCCCCCCCCCCCC)COP(=O)(O)OC[C@@H](O)COP(=O)(O)OC[C@@H](COC(=O)CCCCCCCCC)OC(=O)CCCCCCCCCCC(C)CC. The molecule has 17 nitrogen and oxygen atoms in total. The van der Waals surface area contributed by atoms with Crippen molar-refractivity contribution >= 4 is 39.5 Å². The van der Waals surface area contributed by atoms with Crippen molar-refractivity contribution in [1.82, 2.24) is 0 Å². The lowest BCUT2D eigenvalue weighted by Crippen LogP contribution is -2.30. The molecule has 0 aromatic rings. The molecule has 0 rings (SSSR count). The number of carbonyl (C=O) groups excluding carboxylic acids is 4. The van der Waals surface area contributed by atoms with Gasteiger partial charge in [0.2, 0.25) is 0 Å². The summed E-state index contributed by atoms with van der Waals surface area (Å²) in [6, 6.07) is 0. The summed E-state index contributed by atoms with van der Waals surface area (Å²) in [4.78, 5) is 72.3. The molecule has 0 aromatic heterocycles. The van der Waals surface area contributed by atoms with Crippen LogP contribution in [0.5, 0.6) is 0 Å². The van der Waals surface area contributed by atoms with E-state index in [2.05, 4.69) is 58.9 Å². The van der Waals surface area contributed by atoms with Crippen LogP contribution in [0, 0.1) is 5.92 Å². The van der Waals surface area contributed by atoms with Crippen LogP contribution in [-0.2, 0) is 65.4 Å². The zero-order valence-corrected chi connectivity index (χ0v) is 57.4. The third-order valence-corrected chi connectivity index (χ3v) is 17.4. The van der Waals surface area contributed by atoms with Gasteiger partial charge in [-0.3, -0.25) is 37.3 Å². The van der Waals surface area contributed by atoms with Crippen LogP contribution < -0.4 is 0 Å². The third-order valence-electron chi connectivity index (χ3n) is 15.5. The summed E-state index contributed by atoms with van der Waals surface area (Å²) in [6.07, 6.45) is 49.4. The smallest absolute Gasteiger partial charge is 0.462 e. The van der Waals surface area contributed by atoms with Crippen molar-refractivity contribution in [2.24, 2.45) is 5.92 Å².